The van der Waals surface area contributed by atoms with E-state index in [-0.39, 0.29) is 10.9 Å². The van der Waals surface area contributed by atoms with Crippen LogP contribution in [0, 0.1) is 11.8 Å². The van der Waals surface area contributed by atoms with Gasteiger partial charge in [0.15, 0.2) is 0 Å². The lowest BCUT2D eigenvalue weighted by atomic mass is 9.86. The van der Waals surface area contributed by atoms with E-state index in [1.54, 1.807) is 12.1 Å². The summed E-state index contributed by atoms with van der Waals surface area (Å²) in [6.45, 7) is 4.57. The molecule has 1 fully saturated rings. The average molecular weight is 469 g/mol. The van der Waals surface area contributed by atoms with Crippen molar-refractivity contribution in [3.05, 3.63) is 52.5 Å². The topological polar surface area (TPSA) is 46.5 Å². The monoisotopic (exact) mass is 468 g/mol. The molecule has 1 aliphatic rings. The van der Waals surface area contributed by atoms with E-state index >= 15 is 0 Å². The van der Waals surface area contributed by atoms with Crippen LogP contribution >= 0.6 is 11.6 Å². The number of hydrogen-bond acceptors (Lipinski definition) is 2. The Morgan fingerprint density at radius 1 is 1.22 bits per heavy atom. The van der Waals surface area contributed by atoms with E-state index in [9.17, 15) is 23.1 Å². The summed E-state index contributed by atoms with van der Waals surface area (Å²) in [5, 5.41) is 10.2. The van der Waals surface area contributed by atoms with Gasteiger partial charge < -0.3 is 9.84 Å². The van der Waals surface area contributed by atoms with Crippen LogP contribution in [0.5, 0.6) is 5.75 Å². The Balaban J connectivity index is 2.02. The summed E-state index contributed by atoms with van der Waals surface area (Å²) >= 11 is 6.59. The van der Waals surface area contributed by atoms with Gasteiger partial charge in [-0.15, -0.1) is 0 Å². The van der Waals surface area contributed by atoms with E-state index in [2.05, 4.69) is 6.92 Å². The average Bonchev–Trinajstić information content (AvgIpc) is 3.55. The fraction of sp³-hybridized carbons (Fsp3) is 0.480. The Morgan fingerprint density at radius 2 is 1.88 bits per heavy atom. The number of hydrogen-bond donors (Lipinski definition) is 1. The van der Waals surface area contributed by atoms with Crippen molar-refractivity contribution in [1.82, 2.24) is 0 Å². The molecule has 1 saturated carbocycles. The lowest BCUT2D eigenvalue weighted by Crippen LogP contribution is -2.15. The summed E-state index contributed by atoms with van der Waals surface area (Å²) in [6.07, 6.45) is 0.0470. The lowest BCUT2D eigenvalue weighted by molar-refractivity contribution is -0.139. The SMILES string of the molecule is CCCC(C)CC(C(=O)O)c1cc(OCC2CC2)c(Cl)c(-c2ccc(C(F)(F)F)cc2)c1. The minimum atomic E-state index is -4.44. The molecule has 0 bridgehead atoms. The van der Waals surface area contributed by atoms with Crippen LogP contribution in [0.15, 0.2) is 36.4 Å². The predicted molar refractivity (Wildman–Crippen MR) is 119 cm³/mol. The van der Waals surface area contributed by atoms with Crippen molar-refractivity contribution in [2.75, 3.05) is 6.61 Å². The number of carboxylic acid groups (broad SMARTS) is 1. The van der Waals surface area contributed by atoms with Crippen molar-refractivity contribution in [1.29, 1.82) is 0 Å². The number of carboxylic acids is 1. The number of alkyl halides is 3. The first-order chi connectivity index (χ1) is 15.1. The van der Waals surface area contributed by atoms with Crippen molar-refractivity contribution in [2.45, 2.75) is 58.0 Å². The van der Waals surface area contributed by atoms with Gasteiger partial charge in [-0.1, -0.05) is 50.4 Å². The van der Waals surface area contributed by atoms with Crippen LogP contribution in [0.1, 0.15) is 63.0 Å². The maximum absolute atomic E-state index is 13.0. The number of ether oxygens (including phenoxy) is 1. The highest BCUT2D eigenvalue weighted by molar-refractivity contribution is 6.34. The molecule has 2 aromatic rings. The molecule has 32 heavy (non-hydrogen) atoms. The minimum Gasteiger partial charge on any atom is -0.492 e. The van der Waals surface area contributed by atoms with Crippen LogP contribution in [0.25, 0.3) is 11.1 Å². The van der Waals surface area contributed by atoms with Gasteiger partial charge in [-0.25, -0.2) is 0 Å². The standard InChI is InChI=1S/C25H28ClF3O3/c1-3-4-15(2)11-21(24(30)31)18-12-20(17-7-9-19(10-8-17)25(27,28)29)23(26)22(13-18)32-14-16-5-6-16/h7-10,12-13,15-16,21H,3-6,11,14H2,1-2H3,(H,30,31). The normalized spacial score (nSPS) is 15.9. The van der Waals surface area contributed by atoms with Gasteiger partial charge in [0, 0.05) is 5.56 Å². The third-order valence-corrected chi connectivity index (χ3v) is 6.27. The van der Waals surface area contributed by atoms with Crippen molar-refractivity contribution in [3.63, 3.8) is 0 Å². The fourth-order valence-electron chi connectivity index (χ4n) is 3.86. The third-order valence-electron chi connectivity index (χ3n) is 5.88. The van der Waals surface area contributed by atoms with Gasteiger partial charge in [-0.2, -0.15) is 13.2 Å². The van der Waals surface area contributed by atoms with Crippen LogP contribution in [-0.2, 0) is 11.0 Å². The molecule has 0 aliphatic heterocycles. The molecule has 0 spiro atoms. The summed E-state index contributed by atoms with van der Waals surface area (Å²) in [5.74, 6) is -0.654. The van der Waals surface area contributed by atoms with Crippen LogP contribution < -0.4 is 4.74 Å². The summed E-state index contributed by atoms with van der Waals surface area (Å²) in [4.78, 5) is 12.1. The number of halogens is 4. The molecule has 1 N–H and O–H groups in total. The van der Waals surface area contributed by atoms with Crippen molar-refractivity contribution in [3.8, 4) is 16.9 Å². The molecule has 1 aliphatic carbocycles. The predicted octanol–water partition coefficient (Wildman–Crippen LogP) is 7.81. The molecule has 3 nitrogen and oxygen atoms in total. The zero-order valence-electron chi connectivity index (χ0n) is 18.2. The van der Waals surface area contributed by atoms with Crippen LogP contribution in [0.3, 0.4) is 0 Å². The first-order valence-electron chi connectivity index (χ1n) is 11.0. The van der Waals surface area contributed by atoms with Crippen LogP contribution in [-0.4, -0.2) is 17.7 Å². The van der Waals surface area contributed by atoms with Crippen LogP contribution in [0.4, 0.5) is 13.2 Å². The van der Waals surface area contributed by atoms with Crippen LogP contribution in [0.2, 0.25) is 5.02 Å². The lowest BCUT2D eigenvalue weighted by Gasteiger charge is -2.21. The van der Waals surface area contributed by atoms with Gasteiger partial charge in [0.1, 0.15) is 5.75 Å². The summed E-state index contributed by atoms with van der Waals surface area (Å²) < 4.78 is 44.9. The van der Waals surface area contributed by atoms with Crippen molar-refractivity contribution >= 4 is 17.6 Å². The highest BCUT2D eigenvalue weighted by Crippen LogP contribution is 2.42. The fourth-order valence-corrected chi connectivity index (χ4v) is 4.13. The molecule has 174 valence electrons. The molecule has 7 heteroatoms. The first kappa shape index (κ1) is 24.4. The molecular weight excluding hydrogens is 441 g/mol. The molecule has 0 amide bonds. The Bertz CT molecular complexity index is 937. The van der Waals surface area contributed by atoms with E-state index in [1.807, 2.05) is 6.92 Å². The van der Waals surface area contributed by atoms with E-state index in [1.165, 1.54) is 12.1 Å². The first-order valence-corrected chi connectivity index (χ1v) is 11.3. The summed E-state index contributed by atoms with van der Waals surface area (Å²) in [6, 6.07) is 8.06. The second-order valence-corrected chi connectivity index (χ2v) is 9.11. The van der Waals surface area contributed by atoms with Crippen molar-refractivity contribution < 1.29 is 27.8 Å². The summed E-state index contributed by atoms with van der Waals surface area (Å²) in [5.41, 5.74) is 0.742. The van der Waals surface area contributed by atoms with E-state index in [0.717, 1.165) is 37.8 Å². The van der Waals surface area contributed by atoms with Gasteiger partial charge in [0.25, 0.3) is 0 Å². The van der Waals surface area contributed by atoms with Gasteiger partial charge in [-0.3, -0.25) is 4.79 Å². The van der Waals surface area contributed by atoms with E-state index < -0.39 is 23.6 Å². The minimum absolute atomic E-state index is 0.210. The number of rotatable bonds is 10. The maximum Gasteiger partial charge on any atom is 0.416 e. The zero-order valence-corrected chi connectivity index (χ0v) is 19.0. The molecule has 0 heterocycles. The molecule has 0 aromatic heterocycles. The molecular formula is C25H28ClF3O3. The largest absolute Gasteiger partial charge is 0.492 e. The van der Waals surface area contributed by atoms with Gasteiger partial charge in [0.05, 0.1) is 23.1 Å². The maximum atomic E-state index is 13.0. The molecule has 2 aromatic carbocycles. The van der Waals surface area contributed by atoms with Gasteiger partial charge in [-0.05, 0) is 66.5 Å². The Hall–Kier alpha value is -2.21. The van der Waals surface area contributed by atoms with E-state index in [4.69, 9.17) is 16.3 Å². The Kier molecular flexibility index (Phi) is 7.75. The number of carbonyl (C=O) groups is 1. The number of aliphatic carboxylic acids is 1. The molecule has 2 unspecified atom stereocenters. The van der Waals surface area contributed by atoms with Crippen molar-refractivity contribution in [2.24, 2.45) is 11.8 Å². The third kappa shape index (κ3) is 6.18. The number of benzene rings is 2. The highest BCUT2D eigenvalue weighted by atomic mass is 35.5. The molecule has 3 rings (SSSR count). The quantitative estimate of drug-likeness (QED) is 0.386. The molecule has 0 radical (unpaired) electrons. The van der Waals surface area contributed by atoms with E-state index in [0.29, 0.717) is 41.4 Å². The Labute approximate surface area is 191 Å². The van der Waals surface area contributed by atoms with Gasteiger partial charge in [0.2, 0.25) is 0 Å². The van der Waals surface area contributed by atoms with Gasteiger partial charge >= 0.3 is 12.1 Å². The molecule has 0 saturated heterocycles. The molecule has 2 atom stereocenters. The zero-order chi connectivity index (χ0) is 23.5. The Morgan fingerprint density at radius 3 is 2.41 bits per heavy atom. The second-order valence-electron chi connectivity index (χ2n) is 8.73. The smallest absolute Gasteiger partial charge is 0.416 e. The highest BCUT2D eigenvalue weighted by Gasteiger charge is 2.31. The second kappa shape index (κ2) is 10.2. The summed E-state index contributed by atoms with van der Waals surface area (Å²) in [7, 11) is 0.